The normalized spacial score (nSPS) is 18.1. The monoisotopic (exact) mass is 760 g/mol. The Kier molecular flexibility index (Phi) is 14.6. The van der Waals surface area contributed by atoms with E-state index in [1.807, 2.05) is 33.8 Å². The number of aromatic nitrogens is 2. The number of nitrogens with one attached hydrogen (secondary N) is 2. The van der Waals surface area contributed by atoms with E-state index in [1.165, 1.54) is 0 Å². The van der Waals surface area contributed by atoms with E-state index >= 15 is 0 Å². The molecule has 1 aromatic heterocycles. The number of rotatable bonds is 16. The summed E-state index contributed by atoms with van der Waals surface area (Å²) in [6.07, 6.45) is 14.9. The molecule has 3 amide bonds. The molecule has 1 saturated carbocycles. The maximum atomic E-state index is 13.3. The molecule has 0 radical (unpaired) electrons. The molecule has 14 heteroatoms. The van der Waals surface area contributed by atoms with Crippen molar-refractivity contribution < 1.29 is 28.6 Å². The Morgan fingerprint density at radius 2 is 1.84 bits per heavy atom. The molecule has 5 rings (SSSR count). The standard InChI is InChI=1S/C41H60N8O6/c1-8-10-21-48(40(52)55-41(3,4)5)24-26-54-25-13-20-47-22-18-30(19-23-47)43-37(50)29-16-17-32(35(27-29)53-7)44-39-42-28-34-36(45-39)49(31-14-11-12-15-31)33(9-2)38(51)46(34)6/h1,16-17,27-28,30-31,33H,9-15,18-26H2,2-7H3,(H,43,50)(H,42,44,45)/t33-/m1/s1. The number of amides is 3. The maximum absolute atomic E-state index is 13.3. The maximum Gasteiger partial charge on any atom is 0.410 e. The number of nitrogens with zero attached hydrogens (tertiary/aromatic N) is 6. The molecule has 2 fully saturated rings. The lowest BCUT2D eigenvalue weighted by Crippen LogP contribution is -2.55. The summed E-state index contributed by atoms with van der Waals surface area (Å²) in [7, 11) is 3.36. The second-order valence-electron chi connectivity index (χ2n) is 15.6. The number of piperidine rings is 1. The van der Waals surface area contributed by atoms with Gasteiger partial charge in [-0.1, -0.05) is 19.8 Å². The zero-order valence-electron chi connectivity index (χ0n) is 33.6. The number of anilines is 4. The van der Waals surface area contributed by atoms with Crippen molar-refractivity contribution in [2.75, 3.05) is 75.2 Å². The Morgan fingerprint density at radius 1 is 1.09 bits per heavy atom. The van der Waals surface area contributed by atoms with Crippen LogP contribution in [0.1, 0.15) is 95.8 Å². The molecule has 0 bridgehead atoms. The van der Waals surface area contributed by atoms with Crippen LogP contribution in [0, 0.1) is 12.3 Å². The fourth-order valence-electron chi connectivity index (χ4n) is 7.56. The van der Waals surface area contributed by atoms with Gasteiger partial charge in [-0.05, 0) is 77.5 Å². The van der Waals surface area contributed by atoms with Crippen LogP contribution in [0.4, 0.5) is 27.9 Å². The quantitative estimate of drug-likeness (QED) is 0.163. The number of ether oxygens (including phenoxy) is 3. The van der Waals surface area contributed by atoms with Crippen LogP contribution in [0.25, 0.3) is 0 Å². The highest BCUT2D eigenvalue weighted by Gasteiger charge is 2.41. The number of fused-ring (bicyclic) bond motifs is 1. The van der Waals surface area contributed by atoms with E-state index < -0.39 is 5.60 Å². The van der Waals surface area contributed by atoms with Crippen LogP contribution < -0.4 is 25.2 Å². The molecule has 2 aromatic rings. The number of likely N-dealkylation sites (tertiary alicyclic amines) is 1. The third-order valence-corrected chi connectivity index (χ3v) is 10.5. The van der Waals surface area contributed by atoms with Crippen molar-refractivity contribution in [2.45, 2.75) is 109 Å². The van der Waals surface area contributed by atoms with Crippen LogP contribution in [0.15, 0.2) is 24.4 Å². The van der Waals surface area contributed by atoms with Gasteiger partial charge in [-0.2, -0.15) is 4.98 Å². The first-order valence-electron chi connectivity index (χ1n) is 19.8. The summed E-state index contributed by atoms with van der Waals surface area (Å²) in [6.45, 7) is 12.1. The van der Waals surface area contributed by atoms with E-state index in [1.54, 1.807) is 42.3 Å². The van der Waals surface area contributed by atoms with Crippen LogP contribution in [0.5, 0.6) is 5.75 Å². The number of benzene rings is 1. The predicted molar refractivity (Wildman–Crippen MR) is 214 cm³/mol. The lowest BCUT2D eigenvalue weighted by atomic mass is 10.0. The van der Waals surface area contributed by atoms with Gasteiger partial charge in [0.05, 0.1) is 25.6 Å². The number of methoxy groups -OCH3 is 1. The number of likely N-dealkylation sites (N-methyl/N-ethyl adjacent to an activating group) is 1. The molecule has 3 heterocycles. The highest BCUT2D eigenvalue weighted by Crippen LogP contribution is 2.40. The Labute approximate surface area is 326 Å². The van der Waals surface area contributed by atoms with Gasteiger partial charge >= 0.3 is 6.09 Å². The molecule has 0 unspecified atom stereocenters. The van der Waals surface area contributed by atoms with Gasteiger partial charge in [0, 0.05) is 70.4 Å². The minimum absolute atomic E-state index is 0.0732. The zero-order chi connectivity index (χ0) is 39.5. The predicted octanol–water partition coefficient (Wildman–Crippen LogP) is 5.59. The van der Waals surface area contributed by atoms with Gasteiger partial charge in [0.2, 0.25) is 11.9 Å². The highest BCUT2D eigenvalue weighted by atomic mass is 16.6. The molecule has 0 spiro atoms. The molecule has 1 saturated heterocycles. The van der Waals surface area contributed by atoms with Gasteiger partial charge in [0.1, 0.15) is 23.1 Å². The van der Waals surface area contributed by atoms with Crippen molar-refractivity contribution in [2.24, 2.45) is 0 Å². The molecular formula is C41H60N8O6. The van der Waals surface area contributed by atoms with Crippen LogP contribution >= 0.6 is 0 Å². The minimum Gasteiger partial charge on any atom is -0.495 e. The molecule has 1 aromatic carbocycles. The fraction of sp³-hybridized carbons (Fsp3) is 0.634. The third kappa shape index (κ3) is 11.0. The summed E-state index contributed by atoms with van der Waals surface area (Å²) in [4.78, 5) is 56.5. The molecule has 55 heavy (non-hydrogen) atoms. The van der Waals surface area contributed by atoms with Crippen LogP contribution in [0.2, 0.25) is 0 Å². The van der Waals surface area contributed by atoms with Crippen molar-refractivity contribution in [3.05, 3.63) is 30.0 Å². The van der Waals surface area contributed by atoms with E-state index in [-0.39, 0.29) is 36.0 Å². The summed E-state index contributed by atoms with van der Waals surface area (Å²) < 4.78 is 17.0. The van der Waals surface area contributed by atoms with Crippen molar-refractivity contribution in [1.29, 1.82) is 0 Å². The molecular weight excluding hydrogens is 701 g/mol. The Morgan fingerprint density at radius 3 is 2.51 bits per heavy atom. The minimum atomic E-state index is -0.570. The van der Waals surface area contributed by atoms with E-state index in [0.29, 0.717) is 67.8 Å². The van der Waals surface area contributed by atoms with Gasteiger partial charge in [-0.25, -0.2) is 9.78 Å². The van der Waals surface area contributed by atoms with Gasteiger partial charge in [0.25, 0.3) is 5.91 Å². The van der Waals surface area contributed by atoms with Crippen LogP contribution in [-0.2, 0) is 14.3 Å². The summed E-state index contributed by atoms with van der Waals surface area (Å²) in [5.41, 5.74) is 1.29. The zero-order valence-corrected chi connectivity index (χ0v) is 33.6. The Hall–Kier alpha value is -4.61. The number of hydrogen-bond acceptors (Lipinski definition) is 11. The molecule has 2 N–H and O–H groups in total. The molecule has 2 aliphatic heterocycles. The number of terminal acetylenes is 1. The van der Waals surface area contributed by atoms with Crippen molar-refractivity contribution in [1.82, 2.24) is 25.1 Å². The Bertz CT molecular complexity index is 1660. The first-order valence-corrected chi connectivity index (χ1v) is 19.8. The van der Waals surface area contributed by atoms with Crippen LogP contribution in [-0.4, -0.2) is 121 Å². The van der Waals surface area contributed by atoms with Gasteiger partial charge in [0.15, 0.2) is 5.82 Å². The summed E-state index contributed by atoms with van der Waals surface area (Å²) in [6, 6.07) is 5.42. The third-order valence-electron chi connectivity index (χ3n) is 10.5. The first kappa shape index (κ1) is 41.6. The SMILES string of the molecule is C#CCCN(CCOCCCN1CCC(NC(=O)c2ccc(Nc3ncc4c(n3)N(C3CCCC3)[C@H](CC)C(=O)N4C)c(OC)c2)CC1)C(=O)OC(C)(C)C. The smallest absolute Gasteiger partial charge is 0.410 e. The number of carbonyl (C=O) groups is 3. The summed E-state index contributed by atoms with van der Waals surface area (Å²) in [5.74, 6) is 4.17. The largest absolute Gasteiger partial charge is 0.495 e. The highest BCUT2D eigenvalue weighted by molar-refractivity contribution is 6.04. The molecule has 1 atom stereocenters. The summed E-state index contributed by atoms with van der Waals surface area (Å²) in [5, 5.41) is 6.51. The first-order chi connectivity index (χ1) is 26.4. The topological polar surface area (TPSA) is 142 Å². The Balaban J connectivity index is 1.08. The molecule has 14 nitrogen and oxygen atoms in total. The van der Waals surface area contributed by atoms with Gasteiger partial charge in [-0.3, -0.25) is 9.59 Å². The number of carbonyl (C=O) groups excluding carboxylic acids is 3. The second kappa shape index (κ2) is 19.3. The summed E-state index contributed by atoms with van der Waals surface area (Å²) >= 11 is 0. The van der Waals surface area contributed by atoms with E-state index in [2.05, 4.69) is 31.3 Å². The lowest BCUT2D eigenvalue weighted by molar-refractivity contribution is -0.120. The van der Waals surface area contributed by atoms with E-state index in [9.17, 15) is 14.4 Å². The average molecular weight is 761 g/mol. The van der Waals surface area contributed by atoms with Gasteiger partial charge < -0.3 is 44.4 Å². The van der Waals surface area contributed by atoms with Crippen molar-refractivity contribution >= 4 is 41.0 Å². The van der Waals surface area contributed by atoms with Gasteiger partial charge in [-0.15, -0.1) is 12.3 Å². The fourth-order valence-corrected chi connectivity index (χ4v) is 7.56. The van der Waals surface area contributed by atoms with E-state index in [0.717, 1.165) is 70.4 Å². The lowest BCUT2D eigenvalue weighted by Gasteiger charge is -2.43. The molecule has 3 aliphatic rings. The van der Waals surface area contributed by atoms with Crippen molar-refractivity contribution in [3.8, 4) is 18.1 Å². The number of hydrogen-bond donors (Lipinski definition) is 2. The second-order valence-corrected chi connectivity index (χ2v) is 15.6. The van der Waals surface area contributed by atoms with E-state index in [4.69, 9.17) is 25.6 Å². The van der Waals surface area contributed by atoms with Crippen LogP contribution in [0.3, 0.4) is 0 Å². The molecule has 1 aliphatic carbocycles. The average Bonchev–Trinajstić information content (AvgIpc) is 3.70. The van der Waals surface area contributed by atoms with Crippen molar-refractivity contribution in [3.63, 3.8) is 0 Å². The molecule has 300 valence electrons.